The summed E-state index contributed by atoms with van der Waals surface area (Å²) in [4.78, 5) is 16.8. The number of halogens is 2. The highest BCUT2D eigenvalue weighted by Crippen LogP contribution is 2.31. The molecule has 0 atom stereocenters. The molecule has 0 spiro atoms. The smallest absolute Gasteiger partial charge is 0.255 e. The Labute approximate surface area is 167 Å². The van der Waals surface area contributed by atoms with Gasteiger partial charge in [-0.1, -0.05) is 0 Å². The van der Waals surface area contributed by atoms with E-state index in [0.717, 1.165) is 0 Å². The average molecular weight is 436 g/mol. The van der Waals surface area contributed by atoms with Crippen LogP contribution in [0.3, 0.4) is 0 Å². The van der Waals surface area contributed by atoms with E-state index in [1.807, 2.05) is 6.07 Å². The van der Waals surface area contributed by atoms with Crippen molar-refractivity contribution in [1.82, 2.24) is 4.98 Å². The zero-order chi connectivity index (χ0) is 19.7. The largest absolute Gasteiger partial charge is 0.436 e. The molecule has 1 aromatic heterocycles. The van der Waals surface area contributed by atoms with Crippen LogP contribution in [0.25, 0.3) is 22.6 Å². The van der Waals surface area contributed by atoms with Crippen LogP contribution in [0.4, 0.5) is 10.1 Å². The number of nitrogens with one attached hydrogen (secondary N) is 1. The Morgan fingerprint density at radius 2 is 1.89 bits per heavy atom. The van der Waals surface area contributed by atoms with Gasteiger partial charge in [-0.25, -0.2) is 9.37 Å². The summed E-state index contributed by atoms with van der Waals surface area (Å²) in [6.07, 6.45) is 0. The van der Waals surface area contributed by atoms with Crippen LogP contribution in [0, 0.1) is 17.1 Å². The van der Waals surface area contributed by atoms with Crippen molar-refractivity contribution >= 4 is 38.6 Å². The first-order valence-corrected chi connectivity index (χ1v) is 9.00. The van der Waals surface area contributed by atoms with Crippen molar-refractivity contribution in [3.63, 3.8) is 0 Å². The molecule has 0 radical (unpaired) electrons. The van der Waals surface area contributed by atoms with Gasteiger partial charge >= 0.3 is 0 Å². The number of benzene rings is 3. The summed E-state index contributed by atoms with van der Waals surface area (Å²) in [7, 11) is 0. The molecule has 28 heavy (non-hydrogen) atoms. The molecule has 0 saturated carbocycles. The van der Waals surface area contributed by atoms with Gasteiger partial charge < -0.3 is 9.73 Å². The lowest BCUT2D eigenvalue weighted by Crippen LogP contribution is -2.11. The van der Waals surface area contributed by atoms with E-state index in [1.54, 1.807) is 48.5 Å². The van der Waals surface area contributed by atoms with Crippen molar-refractivity contribution in [1.29, 1.82) is 5.26 Å². The quantitative estimate of drug-likeness (QED) is 0.459. The van der Waals surface area contributed by atoms with Gasteiger partial charge in [-0.2, -0.15) is 5.26 Å². The van der Waals surface area contributed by atoms with Crippen LogP contribution in [0.5, 0.6) is 0 Å². The third-order valence-electron chi connectivity index (χ3n) is 4.08. The molecule has 5 nitrogen and oxygen atoms in total. The number of aromatic nitrogens is 1. The number of rotatable bonds is 3. The zero-order valence-electron chi connectivity index (χ0n) is 14.2. The van der Waals surface area contributed by atoms with Crippen LogP contribution in [0.15, 0.2) is 69.6 Å². The standard InChI is InChI=1S/C21H11BrFN3O2/c22-17-7-5-14(23)9-16(17)21-26-18-10-15(6-8-19(18)28-21)25-20(27)13-3-1-12(11-24)2-4-13/h1-10H,(H,25,27). The minimum atomic E-state index is -0.393. The number of hydrogen-bond acceptors (Lipinski definition) is 4. The normalized spacial score (nSPS) is 10.6. The molecule has 1 amide bonds. The minimum absolute atomic E-state index is 0.275. The fourth-order valence-corrected chi connectivity index (χ4v) is 3.10. The van der Waals surface area contributed by atoms with E-state index in [-0.39, 0.29) is 11.8 Å². The number of fused-ring (bicyclic) bond motifs is 1. The second-order valence-corrected chi connectivity index (χ2v) is 6.82. The lowest BCUT2D eigenvalue weighted by molar-refractivity contribution is 0.102. The Morgan fingerprint density at radius 3 is 2.64 bits per heavy atom. The fourth-order valence-electron chi connectivity index (χ4n) is 2.68. The second-order valence-electron chi connectivity index (χ2n) is 5.97. The summed E-state index contributed by atoms with van der Waals surface area (Å²) in [5.74, 6) is -0.423. The van der Waals surface area contributed by atoms with Gasteiger partial charge in [0.2, 0.25) is 5.89 Å². The number of oxazole rings is 1. The Balaban J connectivity index is 1.62. The number of anilines is 1. The summed E-state index contributed by atoms with van der Waals surface area (Å²) in [6.45, 7) is 0. The van der Waals surface area contributed by atoms with Crippen molar-refractivity contribution in [2.24, 2.45) is 0 Å². The summed E-state index contributed by atoms with van der Waals surface area (Å²) in [5, 5.41) is 11.6. The molecule has 0 saturated heterocycles. The molecule has 4 aromatic rings. The van der Waals surface area contributed by atoms with E-state index >= 15 is 0 Å². The first kappa shape index (κ1) is 17.9. The van der Waals surface area contributed by atoms with Crippen LogP contribution in [-0.2, 0) is 0 Å². The molecule has 7 heteroatoms. The van der Waals surface area contributed by atoms with Gasteiger partial charge in [0, 0.05) is 15.7 Å². The summed E-state index contributed by atoms with van der Waals surface area (Å²) < 4.78 is 19.9. The summed E-state index contributed by atoms with van der Waals surface area (Å²) in [5.41, 5.74) is 3.01. The lowest BCUT2D eigenvalue weighted by atomic mass is 10.1. The van der Waals surface area contributed by atoms with E-state index in [1.165, 1.54) is 12.1 Å². The third-order valence-corrected chi connectivity index (χ3v) is 4.77. The Hall–Kier alpha value is -3.50. The molecule has 0 bridgehead atoms. The molecule has 0 unspecified atom stereocenters. The first-order chi connectivity index (χ1) is 13.5. The highest BCUT2D eigenvalue weighted by Gasteiger charge is 2.14. The molecular weight excluding hydrogens is 425 g/mol. The molecule has 1 heterocycles. The second kappa shape index (κ2) is 7.25. The number of hydrogen-bond donors (Lipinski definition) is 1. The molecule has 3 aromatic carbocycles. The highest BCUT2D eigenvalue weighted by atomic mass is 79.9. The first-order valence-electron chi connectivity index (χ1n) is 8.21. The van der Waals surface area contributed by atoms with Crippen molar-refractivity contribution in [3.8, 4) is 17.5 Å². The number of carbonyl (C=O) groups is 1. The van der Waals surface area contributed by atoms with Gasteiger partial charge in [-0.15, -0.1) is 0 Å². The Kier molecular flexibility index (Phi) is 4.63. The monoisotopic (exact) mass is 435 g/mol. The molecule has 136 valence electrons. The van der Waals surface area contributed by atoms with Crippen LogP contribution >= 0.6 is 15.9 Å². The lowest BCUT2D eigenvalue weighted by Gasteiger charge is -2.04. The van der Waals surface area contributed by atoms with Crippen molar-refractivity contribution in [2.45, 2.75) is 0 Å². The molecule has 4 rings (SSSR count). The van der Waals surface area contributed by atoms with Crippen LogP contribution in [0.1, 0.15) is 15.9 Å². The number of nitrogens with zero attached hydrogens (tertiary/aromatic N) is 2. The van der Waals surface area contributed by atoms with Gasteiger partial charge in [-0.05, 0) is 76.6 Å². The van der Waals surface area contributed by atoms with Crippen LogP contribution in [-0.4, -0.2) is 10.9 Å². The molecular formula is C21H11BrFN3O2. The van der Waals surface area contributed by atoms with Crippen LogP contribution < -0.4 is 5.32 Å². The molecule has 0 fully saturated rings. The maximum Gasteiger partial charge on any atom is 0.255 e. The van der Waals surface area contributed by atoms with E-state index in [2.05, 4.69) is 26.2 Å². The molecule has 1 N–H and O–H groups in total. The van der Waals surface area contributed by atoms with Gasteiger partial charge in [0.15, 0.2) is 5.58 Å². The van der Waals surface area contributed by atoms with Gasteiger partial charge in [0.25, 0.3) is 5.91 Å². The van der Waals surface area contributed by atoms with Gasteiger partial charge in [-0.3, -0.25) is 4.79 Å². The van der Waals surface area contributed by atoms with Gasteiger partial charge in [0.1, 0.15) is 11.3 Å². The summed E-state index contributed by atoms with van der Waals surface area (Å²) in [6, 6.07) is 17.7. The zero-order valence-corrected chi connectivity index (χ0v) is 15.8. The van der Waals surface area contributed by atoms with Gasteiger partial charge in [0.05, 0.1) is 17.2 Å². The maximum atomic E-state index is 13.5. The number of nitriles is 1. The topological polar surface area (TPSA) is 78.9 Å². The van der Waals surface area contributed by atoms with E-state index in [0.29, 0.717) is 38.0 Å². The highest BCUT2D eigenvalue weighted by molar-refractivity contribution is 9.10. The number of amides is 1. The van der Waals surface area contributed by atoms with Crippen molar-refractivity contribution in [2.75, 3.05) is 5.32 Å². The Bertz CT molecular complexity index is 1240. The predicted molar refractivity (Wildman–Crippen MR) is 106 cm³/mol. The van der Waals surface area contributed by atoms with E-state index in [4.69, 9.17) is 9.68 Å². The average Bonchev–Trinajstić information content (AvgIpc) is 3.13. The predicted octanol–water partition coefficient (Wildman–Crippen LogP) is 5.52. The van der Waals surface area contributed by atoms with Crippen molar-refractivity contribution < 1.29 is 13.6 Å². The van der Waals surface area contributed by atoms with E-state index < -0.39 is 5.82 Å². The van der Waals surface area contributed by atoms with Crippen LogP contribution in [0.2, 0.25) is 0 Å². The maximum absolute atomic E-state index is 13.5. The summed E-state index contributed by atoms with van der Waals surface area (Å²) >= 11 is 3.36. The van der Waals surface area contributed by atoms with E-state index in [9.17, 15) is 9.18 Å². The molecule has 0 aliphatic rings. The minimum Gasteiger partial charge on any atom is -0.436 e. The molecule has 0 aliphatic carbocycles. The fraction of sp³-hybridized carbons (Fsp3) is 0. The molecule has 0 aliphatic heterocycles. The SMILES string of the molecule is N#Cc1ccc(C(=O)Nc2ccc3oc(-c4cc(F)ccc4Br)nc3c2)cc1. The van der Waals surface area contributed by atoms with Crippen molar-refractivity contribution in [3.05, 3.63) is 82.1 Å². The third kappa shape index (κ3) is 3.50. The Morgan fingerprint density at radius 1 is 1.11 bits per heavy atom. The number of carbonyl (C=O) groups excluding carboxylic acids is 1.